The van der Waals surface area contributed by atoms with Crippen LogP contribution >= 0.6 is 31.9 Å². The molecule has 0 aromatic rings. The van der Waals surface area contributed by atoms with Crippen molar-refractivity contribution in [1.29, 1.82) is 0 Å². The number of alkyl halides is 2. The van der Waals surface area contributed by atoms with Crippen molar-refractivity contribution >= 4 is 31.9 Å². The lowest BCUT2D eigenvalue weighted by Crippen LogP contribution is -2.29. The van der Waals surface area contributed by atoms with E-state index in [1.165, 1.54) is 12.8 Å². The predicted molar refractivity (Wildman–Crippen MR) is 53.0 cm³/mol. The molecule has 2 heteroatoms. The van der Waals surface area contributed by atoms with Gasteiger partial charge in [0.25, 0.3) is 0 Å². The first-order valence-corrected chi connectivity index (χ1v) is 5.72. The summed E-state index contributed by atoms with van der Waals surface area (Å²) in [7, 11) is 0. The second kappa shape index (κ2) is 3.57. The SMILES string of the molecule is CC1CC(Br)C(C)CC1Br. The Morgan fingerprint density at radius 1 is 0.900 bits per heavy atom. The van der Waals surface area contributed by atoms with Crippen LogP contribution in [-0.2, 0) is 0 Å². The molecule has 1 fully saturated rings. The summed E-state index contributed by atoms with van der Waals surface area (Å²) in [6.07, 6.45) is 2.63. The maximum atomic E-state index is 3.70. The molecule has 60 valence electrons. The quantitative estimate of drug-likeness (QED) is 0.590. The molecule has 0 bridgehead atoms. The summed E-state index contributed by atoms with van der Waals surface area (Å²) in [5.74, 6) is 1.67. The zero-order valence-electron chi connectivity index (χ0n) is 6.48. The molecule has 0 amide bonds. The Labute approximate surface area is 80.0 Å². The van der Waals surface area contributed by atoms with Gasteiger partial charge in [0.2, 0.25) is 0 Å². The van der Waals surface area contributed by atoms with Crippen molar-refractivity contribution in [2.24, 2.45) is 11.8 Å². The molecule has 0 heterocycles. The van der Waals surface area contributed by atoms with Crippen LogP contribution in [0.5, 0.6) is 0 Å². The second-order valence-electron chi connectivity index (χ2n) is 3.46. The number of hydrogen-bond donors (Lipinski definition) is 0. The molecular weight excluding hydrogens is 256 g/mol. The maximum Gasteiger partial charge on any atom is 0.0174 e. The van der Waals surface area contributed by atoms with E-state index in [9.17, 15) is 0 Å². The van der Waals surface area contributed by atoms with Crippen molar-refractivity contribution in [3.05, 3.63) is 0 Å². The van der Waals surface area contributed by atoms with E-state index in [1.807, 2.05) is 0 Å². The van der Waals surface area contributed by atoms with Gasteiger partial charge in [-0.1, -0.05) is 45.7 Å². The molecular formula is C8H14Br2. The zero-order valence-corrected chi connectivity index (χ0v) is 9.65. The van der Waals surface area contributed by atoms with Crippen molar-refractivity contribution in [2.45, 2.75) is 36.3 Å². The first-order chi connectivity index (χ1) is 4.61. The average Bonchev–Trinajstić information content (AvgIpc) is 1.84. The lowest BCUT2D eigenvalue weighted by molar-refractivity contribution is 0.337. The average molecular weight is 270 g/mol. The van der Waals surface area contributed by atoms with Gasteiger partial charge in [0, 0.05) is 9.65 Å². The molecule has 0 aliphatic heterocycles. The fourth-order valence-corrected chi connectivity index (χ4v) is 3.08. The Morgan fingerprint density at radius 2 is 1.20 bits per heavy atom. The molecule has 0 nitrogen and oxygen atoms in total. The van der Waals surface area contributed by atoms with Gasteiger partial charge < -0.3 is 0 Å². The summed E-state index contributed by atoms with van der Waals surface area (Å²) < 4.78 is 0. The Balaban J connectivity index is 2.46. The molecule has 0 spiro atoms. The molecule has 1 aliphatic carbocycles. The summed E-state index contributed by atoms with van der Waals surface area (Å²) >= 11 is 7.40. The van der Waals surface area contributed by atoms with E-state index < -0.39 is 0 Å². The Kier molecular flexibility index (Phi) is 3.23. The maximum absolute atomic E-state index is 3.70. The van der Waals surface area contributed by atoms with Crippen LogP contribution < -0.4 is 0 Å². The van der Waals surface area contributed by atoms with E-state index in [0.29, 0.717) is 0 Å². The van der Waals surface area contributed by atoms with Crippen LogP contribution in [0, 0.1) is 11.8 Å². The molecule has 0 saturated heterocycles. The first kappa shape index (κ1) is 9.05. The smallest absolute Gasteiger partial charge is 0.0174 e. The predicted octanol–water partition coefficient (Wildman–Crippen LogP) is 3.58. The van der Waals surface area contributed by atoms with Gasteiger partial charge in [0.1, 0.15) is 0 Å². The molecule has 4 unspecified atom stereocenters. The third-order valence-corrected chi connectivity index (χ3v) is 4.98. The summed E-state index contributed by atoms with van der Waals surface area (Å²) in [6.45, 7) is 4.64. The van der Waals surface area contributed by atoms with Crippen molar-refractivity contribution < 1.29 is 0 Å². The van der Waals surface area contributed by atoms with Crippen LogP contribution in [-0.4, -0.2) is 9.65 Å². The van der Waals surface area contributed by atoms with E-state index in [-0.39, 0.29) is 0 Å². The highest BCUT2D eigenvalue weighted by Crippen LogP contribution is 2.36. The van der Waals surface area contributed by atoms with Crippen LogP contribution in [0.4, 0.5) is 0 Å². The number of hydrogen-bond acceptors (Lipinski definition) is 0. The molecule has 0 aromatic heterocycles. The van der Waals surface area contributed by atoms with Crippen molar-refractivity contribution in [3.8, 4) is 0 Å². The molecule has 10 heavy (non-hydrogen) atoms. The monoisotopic (exact) mass is 268 g/mol. The Hall–Kier alpha value is 0.960. The van der Waals surface area contributed by atoms with Crippen LogP contribution in [0.3, 0.4) is 0 Å². The fraction of sp³-hybridized carbons (Fsp3) is 1.00. The highest BCUT2D eigenvalue weighted by atomic mass is 79.9. The molecule has 0 aromatic carbocycles. The molecule has 1 rings (SSSR count). The van der Waals surface area contributed by atoms with Crippen LogP contribution in [0.2, 0.25) is 0 Å². The van der Waals surface area contributed by atoms with Gasteiger partial charge in [-0.25, -0.2) is 0 Å². The van der Waals surface area contributed by atoms with Gasteiger partial charge in [0.15, 0.2) is 0 Å². The summed E-state index contributed by atoms with van der Waals surface area (Å²) in [5, 5.41) is 0. The molecule has 0 N–H and O–H groups in total. The van der Waals surface area contributed by atoms with Gasteiger partial charge in [-0.15, -0.1) is 0 Å². The molecule has 1 saturated carbocycles. The minimum absolute atomic E-state index is 0.747. The van der Waals surface area contributed by atoms with Crippen molar-refractivity contribution in [3.63, 3.8) is 0 Å². The molecule has 4 atom stereocenters. The normalized spacial score (nSPS) is 49.2. The summed E-state index contributed by atoms with van der Waals surface area (Å²) in [6, 6.07) is 0. The standard InChI is InChI=1S/C8H14Br2/c1-5-3-8(10)6(2)4-7(5)9/h5-8H,3-4H2,1-2H3. The first-order valence-electron chi connectivity index (χ1n) is 3.89. The van der Waals surface area contributed by atoms with Crippen molar-refractivity contribution in [1.82, 2.24) is 0 Å². The largest absolute Gasteiger partial charge is 0.0888 e. The van der Waals surface area contributed by atoms with Gasteiger partial charge in [-0.2, -0.15) is 0 Å². The van der Waals surface area contributed by atoms with Crippen LogP contribution in [0.1, 0.15) is 26.7 Å². The fourth-order valence-electron chi connectivity index (χ4n) is 1.47. The minimum Gasteiger partial charge on any atom is -0.0888 e. The highest BCUT2D eigenvalue weighted by molar-refractivity contribution is 9.10. The zero-order chi connectivity index (χ0) is 7.72. The number of rotatable bonds is 0. The lowest BCUT2D eigenvalue weighted by atomic mass is 9.84. The van der Waals surface area contributed by atoms with E-state index in [2.05, 4.69) is 45.7 Å². The molecule has 1 aliphatic rings. The third kappa shape index (κ3) is 1.97. The van der Waals surface area contributed by atoms with Gasteiger partial charge in [-0.3, -0.25) is 0 Å². The van der Waals surface area contributed by atoms with Gasteiger partial charge >= 0.3 is 0 Å². The molecule has 0 radical (unpaired) electrons. The highest BCUT2D eigenvalue weighted by Gasteiger charge is 2.29. The van der Waals surface area contributed by atoms with Gasteiger partial charge in [0.05, 0.1) is 0 Å². The van der Waals surface area contributed by atoms with Crippen LogP contribution in [0.25, 0.3) is 0 Å². The lowest BCUT2D eigenvalue weighted by Gasteiger charge is -2.32. The minimum atomic E-state index is 0.747. The van der Waals surface area contributed by atoms with Gasteiger partial charge in [-0.05, 0) is 24.7 Å². The number of halogens is 2. The third-order valence-electron chi connectivity index (χ3n) is 2.43. The van der Waals surface area contributed by atoms with Crippen molar-refractivity contribution in [2.75, 3.05) is 0 Å². The van der Waals surface area contributed by atoms with E-state index >= 15 is 0 Å². The topological polar surface area (TPSA) is 0 Å². The van der Waals surface area contributed by atoms with E-state index in [4.69, 9.17) is 0 Å². The van der Waals surface area contributed by atoms with Crippen LogP contribution in [0.15, 0.2) is 0 Å². The van der Waals surface area contributed by atoms with E-state index in [0.717, 1.165) is 21.5 Å². The summed E-state index contributed by atoms with van der Waals surface area (Å²) in [5.41, 5.74) is 0. The second-order valence-corrected chi connectivity index (χ2v) is 5.81. The van der Waals surface area contributed by atoms with E-state index in [1.54, 1.807) is 0 Å². The Morgan fingerprint density at radius 3 is 1.50 bits per heavy atom. The Bertz CT molecular complexity index is 87.8. The summed E-state index contributed by atoms with van der Waals surface area (Å²) in [4.78, 5) is 1.49.